The zero-order valence-corrected chi connectivity index (χ0v) is 23.2. The number of ether oxygens (including phenoxy) is 2. The van der Waals surface area contributed by atoms with Crippen molar-refractivity contribution in [3.8, 4) is 40.0 Å². The predicted octanol–water partition coefficient (Wildman–Crippen LogP) is 9.09. The van der Waals surface area contributed by atoms with Crippen molar-refractivity contribution in [2.75, 3.05) is 7.11 Å². The van der Waals surface area contributed by atoms with Gasteiger partial charge in [0, 0.05) is 27.9 Å². The summed E-state index contributed by atoms with van der Waals surface area (Å²) in [6, 6.07) is 31.4. The Morgan fingerprint density at radius 3 is 2.20 bits per heavy atom. The molecule has 1 aromatic heterocycles. The van der Waals surface area contributed by atoms with E-state index in [0.717, 1.165) is 38.9 Å². The molecule has 0 unspecified atom stereocenters. The Balaban J connectivity index is 1.48. The lowest BCUT2D eigenvalue weighted by Gasteiger charge is -2.12. The van der Waals surface area contributed by atoms with Gasteiger partial charge in [-0.3, -0.25) is 0 Å². The highest BCUT2D eigenvalue weighted by molar-refractivity contribution is 6.31. The average molecular weight is 547 g/mol. The summed E-state index contributed by atoms with van der Waals surface area (Å²) in [6.45, 7) is 4.37. The molecule has 0 amide bonds. The molecule has 1 heterocycles. The van der Waals surface area contributed by atoms with E-state index in [1.54, 1.807) is 13.3 Å². The minimum atomic E-state index is 0.242. The monoisotopic (exact) mass is 546 g/mol. The topological polar surface area (TPSA) is 67.8 Å². The fourth-order valence-corrected chi connectivity index (χ4v) is 4.50. The molecule has 0 atom stereocenters. The molecular weight excluding hydrogens is 520 g/mol. The molecule has 4 aromatic carbocycles. The van der Waals surface area contributed by atoms with Crippen LogP contribution in [0.4, 0.5) is 5.88 Å². The number of benzene rings is 4. The average Bonchev–Trinajstić information content (AvgIpc) is 3.35. The largest absolute Gasteiger partial charge is 0.493 e. The number of aryl methyl sites for hydroxylation is 2. The minimum Gasteiger partial charge on any atom is -0.493 e. The molecule has 0 saturated carbocycles. The number of rotatable bonds is 8. The van der Waals surface area contributed by atoms with Crippen LogP contribution in [-0.2, 0) is 6.61 Å². The van der Waals surface area contributed by atoms with Crippen molar-refractivity contribution in [3.05, 3.63) is 124 Å². The molecule has 0 aliphatic heterocycles. The Morgan fingerprint density at radius 2 is 1.55 bits per heavy atom. The molecule has 6 heteroatoms. The number of aliphatic imine (C=N–C) groups is 1. The summed E-state index contributed by atoms with van der Waals surface area (Å²) < 4.78 is 17.8. The number of nitrogens with zero attached hydrogens (tertiary/aromatic N) is 2. The predicted molar refractivity (Wildman–Crippen MR) is 160 cm³/mol. The molecule has 40 heavy (non-hydrogen) atoms. The maximum absolute atomic E-state index is 10.2. The van der Waals surface area contributed by atoms with E-state index in [-0.39, 0.29) is 5.88 Å². The third-order valence-corrected chi connectivity index (χ3v) is 6.88. The van der Waals surface area contributed by atoms with Crippen LogP contribution in [-0.4, -0.2) is 13.3 Å². The van der Waals surface area contributed by atoms with Gasteiger partial charge >= 0.3 is 0 Å². The van der Waals surface area contributed by atoms with Gasteiger partial charge in [0.1, 0.15) is 24.0 Å². The van der Waals surface area contributed by atoms with Gasteiger partial charge in [-0.2, -0.15) is 5.26 Å². The van der Waals surface area contributed by atoms with Crippen LogP contribution < -0.4 is 9.47 Å². The first-order chi connectivity index (χ1) is 19.5. The molecule has 5 aromatic rings. The quantitative estimate of drug-likeness (QED) is 0.182. The first-order valence-electron chi connectivity index (χ1n) is 12.8. The summed E-state index contributed by atoms with van der Waals surface area (Å²) in [5, 5.41) is 10.8. The molecule has 0 bridgehead atoms. The third-order valence-electron chi connectivity index (χ3n) is 6.52. The molecule has 198 valence electrons. The highest BCUT2D eigenvalue weighted by Gasteiger charge is 2.23. The van der Waals surface area contributed by atoms with Crippen molar-refractivity contribution in [2.24, 2.45) is 4.99 Å². The third kappa shape index (κ3) is 5.78. The maximum atomic E-state index is 10.2. The molecule has 5 nitrogen and oxygen atoms in total. The Morgan fingerprint density at radius 1 is 0.875 bits per heavy atom. The molecule has 0 N–H and O–H groups in total. The van der Waals surface area contributed by atoms with E-state index < -0.39 is 0 Å². The highest BCUT2D eigenvalue weighted by atomic mass is 35.5. The van der Waals surface area contributed by atoms with E-state index in [1.165, 1.54) is 0 Å². The Hall–Kier alpha value is -4.79. The van der Waals surface area contributed by atoms with Gasteiger partial charge in [0.05, 0.1) is 7.11 Å². The fourth-order valence-electron chi connectivity index (χ4n) is 4.31. The standard InChI is InChI=1S/C34H27ClN2O3/c1-22-8-13-25(14-9-22)32-28(19-36)34(40-33(32)26-15-10-23(2)11-16-26)37-20-24-12-17-30(31(18-24)38-3)39-21-27-6-4-5-7-29(27)35/h4-18,20H,21H2,1-3H3. The number of furan rings is 1. The van der Waals surface area contributed by atoms with Crippen LogP contribution in [0.25, 0.3) is 22.5 Å². The lowest BCUT2D eigenvalue weighted by atomic mass is 9.97. The molecule has 0 spiro atoms. The van der Waals surface area contributed by atoms with Crippen molar-refractivity contribution >= 4 is 23.7 Å². The molecule has 0 saturated heterocycles. The lowest BCUT2D eigenvalue weighted by Crippen LogP contribution is -1.99. The number of nitriles is 1. The van der Waals surface area contributed by atoms with Crippen LogP contribution in [0.3, 0.4) is 0 Å². The van der Waals surface area contributed by atoms with E-state index in [0.29, 0.717) is 34.5 Å². The van der Waals surface area contributed by atoms with Crippen molar-refractivity contribution in [1.82, 2.24) is 0 Å². The minimum absolute atomic E-state index is 0.242. The first kappa shape index (κ1) is 26.8. The van der Waals surface area contributed by atoms with Crippen LogP contribution >= 0.6 is 11.6 Å². The van der Waals surface area contributed by atoms with Gasteiger partial charge in [0.2, 0.25) is 5.88 Å². The molecule has 5 rings (SSSR count). The normalized spacial score (nSPS) is 11.0. The molecule has 0 aliphatic carbocycles. The van der Waals surface area contributed by atoms with E-state index >= 15 is 0 Å². The van der Waals surface area contributed by atoms with Crippen molar-refractivity contribution < 1.29 is 13.9 Å². The lowest BCUT2D eigenvalue weighted by molar-refractivity contribution is 0.284. The number of hydrogen-bond donors (Lipinski definition) is 0. The second kappa shape index (κ2) is 11.9. The van der Waals surface area contributed by atoms with Gasteiger partial charge in [0.25, 0.3) is 0 Å². The summed E-state index contributed by atoms with van der Waals surface area (Å²) in [7, 11) is 1.58. The SMILES string of the molecule is COc1cc(C=Nc2oc(-c3ccc(C)cc3)c(-c3ccc(C)cc3)c2C#N)ccc1OCc1ccccc1Cl. The van der Waals surface area contributed by atoms with Crippen LogP contribution in [0.15, 0.2) is 100 Å². The second-order valence-electron chi connectivity index (χ2n) is 9.38. The number of hydrogen-bond acceptors (Lipinski definition) is 5. The summed E-state index contributed by atoms with van der Waals surface area (Å²) in [5.41, 5.74) is 6.78. The summed E-state index contributed by atoms with van der Waals surface area (Å²) in [4.78, 5) is 4.60. The van der Waals surface area contributed by atoms with Crippen LogP contribution in [0.2, 0.25) is 5.02 Å². The first-order valence-corrected chi connectivity index (χ1v) is 13.1. The molecule has 0 fully saturated rings. The van der Waals surface area contributed by atoms with E-state index in [9.17, 15) is 5.26 Å². The second-order valence-corrected chi connectivity index (χ2v) is 9.79. The van der Waals surface area contributed by atoms with Gasteiger partial charge < -0.3 is 13.9 Å². The van der Waals surface area contributed by atoms with Gasteiger partial charge in [-0.05, 0) is 49.2 Å². The Bertz CT molecular complexity index is 1710. The Kier molecular flexibility index (Phi) is 8.00. The smallest absolute Gasteiger partial charge is 0.238 e. The van der Waals surface area contributed by atoms with Crippen molar-refractivity contribution in [2.45, 2.75) is 20.5 Å². The molecule has 0 radical (unpaired) electrons. The fraction of sp³-hybridized carbons (Fsp3) is 0.118. The van der Waals surface area contributed by atoms with Gasteiger partial charge in [0.15, 0.2) is 11.5 Å². The van der Waals surface area contributed by atoms with Crippen LogP contribution in [0, 0.1) is 25.2 Å². The van der Waals surface area contributed by atoms with E-state index in [2.05, 4.69) is 11.1 Å². The number of methoxy groups -OCH3 is 1. The zero-order chi connectivity index (χ0) is 28.1. The van der Waals surface area contributed by atoms with Gasteiger partial charge in [-0.15, -0.1) is 0 Å². The summed E-state index contributed by atoms with van der Waals surface area (Å²) in [6.07, 6.45) is 1.65. The molecular formula is C34H27ClN2O3. The maximum Gasteiger partial charge on any atom is 0.238 e. The van der Waals surface area contributed by atoms with Gasteiger partial charge in [-0.1, -0.05) is 89.5 Å². The summed E-state index contributed by atoms with van der Waals surface area (Å²) in [5.74, 6) is 1.98. The van der Waals surface area contributed by atoms with Crippen LogP contribution in [0.5, 0.6) is 11.5 Å². The highest BCUT2D eigenvalue weighted by Crippen LogP contribution is 2.42. The van der Waals surface area contributed by atoms with Crippen molar-refractivity contribution in [1.29, 1.82) is 5.26 Å². The zero-order valence-electron chi connectivity index (χ0n) is 22.4. The Labute approximate surface area is 238 Å². The van der Waals surface area contributed by atoms with Crippen LogP contribution in [0.1, 0.15) is 27.8 Å². The number of halogens is 1. The summed E-state index contributed by atoms with van der Waals surface area (Å²) >= 11 is 6.26. The molecule has 0 aliphatic rings. The van der Waals surface area contributed by atoms with Gasteiger partial charge in [-0.25, -0.2) is 4.99 Å². The van der Waals surface area contributed by atoms with E-state index in [1.807, 2.05) is 105 Å². The van der Waals surface area contributed by atoms with E-state index in [4.69, 9.17) is 25.5 Å². The van der Waals surface area contributed by atoms with Crippen molar-refractivity contribution in [3.63, 3.8) is 0 Å².